The predicted molar refractivity (Wildman–Crippen MR) is 82.6 cm³/mol. The van der Waals surface area contributed by atoms with E-state index in [0.29, 0.717) is 12.3 Å². The summed E-state index contributed by atoms with van der Waals surface area (Å²) in [7, 11) is 0. The molecule has 0 aliphatic heterocycles. The minimum Gasteiger partial charge on any atom is -0.295 e. The van der Waals surface area contributed by atoms with Crippen molar-refractivity contribution in [3.8, 4) is 0 Å². The zero-order valence-electron chi connectivity index (χ0n) is 11.7. The second-order valence-corrected chi connectivity index (χ2v) is 5.52. The molecule has 0 bridgehead atoms. The standard InChI is InChI=1S/C19H18O/c1-14-7-9-16(10-8-14)18-11-17(12-19(20)13-18)15-5-3-2-4-6-15/h2-10,13,17H,11-12H2,1H3/t17-/m1/s1. The van der Waals surface area contributed by atoms with Gasteiger partial charge in [-0.3, -0.25) is 4.79 Å². The summed E-state index contributed by atoms with van der Waals surface area (Å²) in [6.45, 7) is 2.08. The first-order valence-corrected chi connectivity index (χ1v) is 7.08. The van der Waals surface area contributed by atoms with Crippen molar-refractivity contribution in [3.05, 3.63) is 77.4 Å². The molecule has 1 heteroatoms. The number of aryl methyl sites for hydroxylation is 1. The van der Waals surface area contributed by atoms with Crippen LogP contribution in [0.1, 0.15) is 35.4 Å². The van der Waals surface area contributed by atoms with E-state index in [0.717, 1.165) is 12.0 Å². The van der Waals surface area contributed by atoms with Crippen LogP contribution < -0.4 is 0 Å². The summed E-state index contributed by atoms with van der Waals surface area (Å²) in [5, 5.41) is 0. The van der Waals surface area contributed by atoms with Crippen molar-refractivity contribution >= 4 is 11.4 Å². The van der Waals surface area contributed by atoms with E-state index in [1.54, 1.807) is 0 Å². The number of benzene rings is 2. The van der Waals surface area contributed by atoms with E-state index in [4.69, 9.17) is 0 Å². The number of rotatable bonds is 2. The molecule has 1 atom stereocenters. The van der Waals surface area contributed by atoms with Crippen LogP contribution in [-0.4, -0.2) is 5.78 Å². The lowest BCUT2D eigenvalue weighted by molar-refractivity contribution is -0.115. The fourth-order valence-electron chi connectivity index (χ4n) is 2.82. The second-order valence-electron chi connectivity index (χ2n) is 5.52. The largest absolute Gasteiger partial charge is 0.295 e. The molecule has 1 nitrogen and oxygen atoms in total. The van der Waals surface area contributed by atoms with Gasteiger partial charge in [-0.05, 0) is 42.0 Å². The number of carbonyl (C=O) groups excluding carboxylic acids is 1. The van der Waals surface area contributed by atoms with Gasteiger partial charge in [0.2, 0.25) is 0 Å². The van der Waals surface area contributed by atoms with E-state index in [1.807, 2.05) is 24.3 Å². The third-order valence-corrected chi connectivity index (χ3v) is 3.94. The molecule has 3 rings (SSSR count). The molecule has 20 heavy (non-hydrogen) atoms. The maximum atomic E-state index is 12.0. The molecule has 1 aliphatic rings. The van der Waals surface area contributed by atoms with Gasteiger partial charge in [-0.15, -0.1) is 0 Å². The van der Waals surface area contributed by atoms with E-state index in [9.17, 15) is 4.79 Å². The number of hydrogen-bond acceptors (Lipinski definition) is 1. The molecule has 2 aromatic carbocycles. The van der Waals surface area contributed by atoms with Crippen LogP contribution in [0.4, 0.5) is 0 Å². The molecule has 0 aromatic heterocycles. The lowest BCUT2D eigenvalue weighted by Gasteiger charge is -2.22. The van der Waals surface area contributed by atoms with E-state index < -0.39 is 0 Å². The fraction of sp³-hybridized carbons (Fsp3) is 0.211. The highest BCUT2D eigenvalue weighted by Crippen LogP contribution is 2.35. The van der Waals surface area contributed by atoms with Gasteiger partial charge < -0.3 is 0 Å². The summed E-state index contributed by atoms with van der Waals surface area (Å²) in [4.78, 5) is 12.0. The SMILES string of the molecule is Cc1ccc(C2=CC(=O)C[C@H](c3ccccc3)C2)cc1. The molecule has 100 valence electrons. The molecule has 0 N–H and O–H groups in total. The van der Waals surface area contributed by atoms with E-state index in [2.05, 4.69) is 43.3 Å². The second kappa shape index (κ2) is 5.46. The minimum absolute atomic E-state index is 0.237. The van der Waals surface area contributed by atoms with Crippen molar-refractivity contribution in [2.45, 2.75) is 25.7 Å². The van der Waals surface area contributed by atoms with Crippen LogP contribution in [0.15, 0.2) is 60.7 Å². The average molecular weight is 262 g/mol. The zero-order chi connectivity index (χ0) is 13.9. The van der Waals surface area contributed by atoms with Gasteiger partial charge in [0.25, 0.3) is 0 Å². The Morgan fingerprint density at radius 1 is 0.900 bits per heavy atom. The van der Waals surface area contributed by atoms with Crippen molar-refractivity contribution in [1.29, 1.82) is 0 Å². The quantitative estimate of drug-likeness (QED) is 0.777. The van der Waals surface area contributed by atoms with Gasteiger partial charge in [0, 0.05) is 6.42 Å². The lowest BCUT2D eigenvalue weighted by Crippen LogP contribution is -2.12. The summed E-state index contributed by atoms with van der Waals surface area (Å²) in [5.74, 6) is 0.547. The van der Waals surface area contributed by atoms with Gasteiger partial charge in [-0.25, -0.2) is 0 Å². The molecule has 0 saturated heterocycles. The lowest BCUT2D eigenvalue weighted by atomic mass is 9.81. The number of allylic oxidation sites excluding steroid dienone is 2. The van der Waals surface area contributed by atoms with Crippen LogP contribution in [0.25, 0.3) is 5.57 Å². The zero-order valence-corrected chi connectivity index (χ0v) is 11.7. The molecule has 0 fully saturated rings. The Labute approximate surface area is 120 Å². The van der Waals surface area contributed by atoms with Crippen LogP contribution in [0.2, 0.25) is 0 Å². The van der Waals surface area contributed by atoms with Crippen LogP contribution >= 0.6 is 0 Å². The minimum atomic E-state index is 0.237. The van der Waals surface area contributed by atoms with Crippen molar-refractivity contribution in [3.63, 3.8) is 0 Å². The summed E-state index contributed by atoms with van der Waals surface area (Å²) < 4.78 is 0. The first-order valence-electron chi connectivity index (χ1n) is 7.08. The van der Waals surface area contributed by atoms with Crippen molar-refractivity contribution < 1.29 is 4.79 Å². The number of ketones is 1. The van der Waals surface area contributed by atoms with Crippen molar-refractivity contribution in [1.82, 2.24) is 0 Å². The van der Waals surface area contributed by atoms with Gasteiger partial charge in [-0.1, -0.05) is 60.2 Å². The summed E-state index contributed by atoms with van der Waals surface area (Å²) >= 11 is 0. The highest BCUT2D eigenvalue weighted by atomic mass is 16.1. The number of hydrogen-bond donors (Lipinski definition) is 0. The smallest absolute Gasteiger partial charge is 0.156 e. The van der Waals surface area contributed by atoms with E-state index >= 15 is 0 Å². The monoisotopic (exact) mass is 262 g/mol. The van der Waals surface area contributed by atoms with Gasteiger partial charge in [0.05, 0.1) is 0 Å². The maximum absolute atomic E-state index is 12.0. The Balaban J connectivity index is 1.89. The summed E-state index contributed by atoms with van der Waals surface area (Å²) in [6.07, 6.45) is 3.39. The highest BCUT2D eigenvalue weighted by molar-refractivity contribution is 5.99. The highest BCUT2D eigenvalue weighted by Gasteiger charge is 2.22. The first kappa shape index (κ1) is 12.9. The third kappa shape index (κ3) is 2.72. The molecular formula is C19H18O. The van der Waals surface area contributed by atoms with Crippen molar-refractivity contribution in [2.24, 2.45) is 0 Å². The summed E-state index contributed by atoms with van der Waals surface area (Å²) in [5.41, 5.74) is 4.84. The Hall–Kier alpha value is -2.15. The molecule has 0 saturated carbocycles. The topological polar surface area (TPSA) is 17.1 Å². The van der Waals surface area contributed by atoms with Crippen LogP contribution in [0.3, 0.4) is 0 Å². The summed E-state index contributed by atoms with van der Waals surface area (Å²) in [6, 6.07) is 18.8. The van der Waals surface area contributed by atoms with Crippen LogP contribution in [-0.2, 0) is 4.79 Å². The molecule has 1 aliphatic carbocycles. The molecule has 2 aromatic rings. The first-order chi connectivity index (χ1) is 9.72. The molecule has 0 unspecified atom stereocenters. The molecule has 0 spiro atoms. The molecular weight excluding hydrogens is 244 g/mol. The van der Waals surface area contributed by atoms with Crippen LogP contribution in [0.5, 0.6) is 0 Å². The number of carbonyl (C=O) groups is 1. The molecule has 0 amide bonds. The third-order valence-electron chi connectivity index (χ3n) is 3.94. The van der Waals surface area contributed by atoms with Gasteiger partial charge in [0.1, 0.15) is 0 Å². The molecule has 0 radical (unpaired) electrons. The van der Waals surface area contributed by atoms with Gasteiger partial charge in [0.15, 0.2) is 5.78 Å². The van der Waals surface area contributed by atoms with Crippen molar-refractivity contribution in [2.75, 3.05) is 0 Å². The van der Waals surface area contributed by atoms with Gasteiger partial charge >= 0.3 is 0 Å². The van der Waals surface area contributed by atoms with Gasteiger partial charge in [-0.2, -0.15) is 0 Å². The Morgan fingerprint density at radius 3 is 2.30 bits per heavy atom. The van der Waals surface area contributed by atoms with E-state index in [-0.39, 0.29) is 5.78 Å². The Morgan fingerprint density at radius 2 is 1.60 bits per heavy atom. The maximum Gasteiger partial charge on any atom is 0.156 e. The normalized spacial score (nSPS) is 18.8. The predicted octanol–water partition coefficient (Wildman–Crippen LogP) is 4.53. The average Bonchev–Trinajstić information content (AvgIpc) is 2.48. The molecule has 0 heterocycles. The Kier molecular flexibility index (Phi) is 3.51. The fourth-order valence-corrected chi connectivity index (χ4v) is 2.82. The van der Waals surface area contributed by atoms with Crippen LogP contribution in [0, 0.1) is 6.92 Å². The van der Waals surface area contributed by atoms with E-state index in [1.165, 1.54) is 16.7 Å². The Bertz CT molecular complexity index is 635.